The summed E-state index contributed by atoms with van der Waals surface area (Å²) >= 11 is 0. The number of rotatable bonds is 7. The first-order chi connectivity index (χ1) is 10.6. The second kappa shape index (κ2) is 10.0. The van der Waals surface area contributed by atoms with Gasteiger partial charge in [0.25, 0.3) is 0 Å². The molecule has 0 saturated carbocycles. The van der Waals surface area contributed by atoms with Gasteiger partial charge in [-0.15, -0.1) is 12.4 Å². The average Bonchev–Trinajstić information content (AvgIpc) is 2.55. The molecule has 2 aromatic rings. The topological polar surface area (TPSA) is 75.4 Å². The van der Waals surface area contributed by atoms with Gasteiger partial charge in [-0.3, -0.25) is 4.79 Å². The van der Waals surface area contributed by atoms with Gasteiger partial charge in [-0.05, 0) is 11.1 Å². The number of aliphatic hydroxyl groups excluding tert-OH is 1. The van der Waals surface area contributed by atoms with Crippen molar-refractivity contribution in [3.63, 3.8) is 0 Å². The molecule has 4 nitrogen and oxygen atoms in total. The molecule has 1 amide bonds. The van der Waals surface area contributed by atoms with Gasteiger partial charge in [0, 0.05) is 25.4 Å². The zero-order valence-corrected chi connectivity index (χ0v) is 13.7. The van der Waals surface area contributed by atoms with Crippen LogP contribution in [0.25, 0.3) is 0 Å². The normalized spacial score (nSPS) is 12.8. The van der Waals surface area contributed by atoms with E-state index in [-0.39, 0.29) is 37.3 Å². The number of benzene rings is 2. The molecule has 2 unspecified atom stereocenters. The third-order valence-electron chi connectivity index (χ3n) is 3.48. The molecule has 0 aliphatic rings. The Hall–Kier alpha value is -1.88. The van der Waals surface area contributed by atoms with E-state index in [1.807, 2.05) is 60.7 Å². The molecule has 23 heavy (non-hydrogen) atoms. The highest BCUT2D eigenvalue weighted by Gasteiger charge is 2.13. The molecular weight excluding hydrogens is 312 g/mol. The Morgan fingerprint density at radius 3 is 2.22 bits per heavy atom. The van der Waals surface area contributed by atoms with Crippen molar-refractivity contribution in [1.29, 1.82) is 0 Å². The van der Waals surface area contributed by atoms with Gasteiger partial charge in [0.15, 0.2) is 0 Å². The van der Waals surface area contributed by atoms with Crippen molar-refractivity contribution in [3.05, 3.63) is 71.8 Å². The molecular formula is C18H23ClN2O2. The van der Waals surface area contributed by atoms with Crippen LogP contribution in [0.2, 0.25) is 0 Å². The van der Waals surface area contributed by atoms with E-state index in [0.717, 1.165) is 11.1 Å². The van der Waals surface area contributed by atoms with Crippen LogP contribution < -0.4 is 11.1 Å². The standard InChI is InChI=1S/C18H22N2O2.ClH/c19-17(15-9-5-2-6-10-15)12-18(22)20-13-16(21)11-14-7-3-1-4-8-14;/h1-10,16-17,21H,11-13,19H2,(H,20,22);1H. The summed E-state index contributed by atoms with van der Waals surface area (Å²) in [7, 11) is 0. The molecule has 0 bridgehead atoms. The lowest BCUT2D eigenvalue weighted by molar-refractivity contribution is -0.121. The van der Waals surface area contributed by atoms with E-state index in [0.29, 0.717) is 6.42 Å². The number of hydrogen-bond acceptors (Lipinski definition) is 3. The number of nitrogens with two attached hydrogens (primary N) is 1. The maximum Gasteiger partial charge on any atom is 0.221 e. The highest BCUT2D eigenvalue weighted by atomic mass is 35.5. The molecule has 4 N–H and O–H groups in total. The lowest BCUT2D eigenvalue weighted by Crippen LogP contribution is -2.34. The third-order valence-corrected chi connectivity index (χ3v) is 3.48. The third kappa shape index (κ3) is 6.82. The first kappa shape index (κ1) is 19.2. The van der Waals surface area contributed by atoms with Crippen molar-refractivity contribution in [1.82, 2.24) is 5.32 Å². The predicted molar refractivity (Wildman–Crippen MR) is 94.4 cm³/mol. The Labute approximate surface area is 143 Å². The van der Waals surface area contributed by atoms with Gasteiger partial charge >= 0.3 is 0 Å². The fraction of sp³-hybridized carbons (Fsp3) is 0.278. The zero-order valence-electron chi connectivity index (χ0n) is 12.9. The van der Waals surface area contributed by atoms with Crippen LogP contribution in [0.3, 0.4) is 0 Å². The molecule has 0 radical (unpaired) electrons. The summed E-state index contributed by atoms with van der Waals surface area (Å²) in [6, 6.07) is 18.9. The maximum absolute atomic E-state index is 11.9. The Bertz CT molecular complexity index is 578. The van der Waals surface area contributed by atoms with Crippen molar-refractivity contribution in [2.24, 2.45) is 5.73 Å². The van der Waals surface area contributed by atoms with Crippen molar-refractivity contribution < 1.29 is 9.90 Å². The SMILES string of the molecule is Cl.NC(CC(=O)NCC(O)Cc1ccccc1)c1ccccc1. The summed E-state index contributed by atoms with van der Waals surface area (Å²) in [4.78, 5) is 11.9. The van der Waals surface area contributed by atoms with Gasteiger partial charge in [-0.1, -0.05) is 60.7 Å². The first-order valence-electron chi connectivity index (χ1n) is 7.44. The lowest BCUT2D eigenvalue weighted by atomic mass is 10.0. The summed E-state index contributed by atoms with van der Waals surface area (Å²) in [5.74, 6) is -0.150. The molecule has 0 saturated heterocycles. The first-order valence-corrected chi connectivity index (χ1v) is 7.44. The summed E-state index contributed by atoms with van der Waals surface area (Å²) in [6.07, 6.45) is 0.132. The summed E-state index contributed by atoms with van der Waals surface area (Å²) in [5.41, 5.74) is 7.98. The predicted octanol–water partition coefficient (Wildman–Crippen LogP) is 2.22. The number of amides is 1. The molecule has 0 heterocycles. The smallest absolute Gasteiger partial charge is 0.221 e. The van der Waals surface area contributed by atoms with E-state index in [1.165, 1.54) is 0 Å². The fourth-order valence-corrected chi connectivity index (χ4v) is 2.28. The number of aliphatic hydroxyl groups is 1. The zero-order chi connectivity index (χ0) is 15.8. The molecule has 0 aliphatic heterocycles. The second-order valence-electron chi connectivity index (χ2n) is 5.37. The van der Waals surface area contributed by atoms with Crippen molar-refractivity contribution >= 4 is 18.3 Å². The Morgan fingerprint density at radius 1 is 1.04 bits per heavy atom. The second-order valence-corrected chi connectivity index (χ2v) is 5.37. The number of hydrogen-bond donors (Lipinski definition) is 3. The number of carbonyl (C=O) groups excluding carboxylic acids is 1. The van der Waals surface area contributed by atoms with Crippen LogP contribution in [0.1, 0.15) is 23.6 Å². The monoisotopic (exact) mass is 334 g/mol. The van der Waals surface area contributed by atoms with Crippen LogP contribution in [0.5, 0.6) is 0 Å². The minimum absolute atomic E-state index is 0. The summed E-state index contributed by atoms with van der Waals surface area (Å²) in [6.45, 7) is 0.231. The van der Waals surface area contributed by atoms with Crippen molar-refractivity contribution in [2.75, 3.05) is 6.54 Å². The molecule has 0 fully saturated rings. The average molecular weight is 335 g/mol. The quantitative estimate of drug-likeness (QED) is 0.726. The van der Waals surface area contributed by atoms with Crippen LogP contribution in [0.4, 0.5) is 0 Å². The van der Waals surface area contributed by atoms with Gasteiger partial charge < -0.3 is 16.2 Å². The minimum atomic E-state index is -0.598. The van der Waals surface area contributed by atoms with Crippen LogP contribution in [-0.4, -0.2) is 23.7 Å². The molecule has 5 heteroatoms. The molecule has 124 valence electrons. The van der Waals surface area contributed by atoms with Crippen molar-refractivity contribution in [3.8, 4) is 0 Å². The van der Waals surface area contributed by atoms with E-state index in [1.54, 1.807) is 0 Å². The van der Waals surface area contributed by atoms with Crippen LogP contribution in [-0.2, 0) is 11.2 Å². The highest BCUT2D eigenvalue weighted by Crippen LogP contribution is 2.12. The fourth-order valence-electron chi connectivity index (χ4n) is 2.28. The largest absolute Gasteiger partial charge is 0.391 e. The molecule has 2 aromatic carbocycles. The van der Waals surface area contributed by atoms with Crippen LogP contribution in [0.15, 0.2) is 60.7 Å². The van der Waals surface area contributed by atoms with Gasteiger partial charge in [-0.2, -0.15) is 0 Å². The summed E-state index contributed by atoms with van der Waals surface area (Å²) in [5, 5.41) is 12.7. The minimum Gasteiger partial charge on any atom is -0.391 e. The molecule has 2 atom stereocenters. The number of carbonyl (C=O) groups is 1. The Balaban J connectivity index is 0.00000264. The van der Waals surface area contributed by atoms with E-state index in [4.69, 9.17) is 5.73 Å². The van der Waals surface area contributed by atoms with E-state index < -0.39 is 6.10 Å². The molecule has 0 aliphatic carbocycles. The Morgan fingerprint density at radius 2 is 1.61 bits per heavy atom. The molecule has 0 aromatic heterocycles. The number of halogens is 1. The molecule has 0 spiro atoms. The summed E-state index contributed by atoms with van der Waals surface area (Å²) < 4.78 is 0. The van der Waals surface area contributed by atoms with E-state index in [2.05, 4.69) is 5.32 Å². The van der Waals surface area contributed by atoms with E-state index >= 15 is 0 Å². The van der Waals surface area contributed by atoms with Gasteiger partial charge in [0.1, 0.15) is 0 Å². The molecule has 2 rings (SSSR count). The van der Waals surface area contributed by atoms with Crippen LogP contribution in [0, 0.1) is 0 Å². The number of nitrogens with one attached hydrogen (secondary N) is 1. The van der Waals surface area contributed by atoms with Gasteiger partial charge in [-0.25, -0.2) is 0 Å². The van der Waals surface area contributed by atoms with E-state index in [9.17, 15) is 9.90 Å². The van der Waals surface area contributed by atoms with Crippen LogP contribution >= 0.6 is 12.4 Å². The van der Waals surface area contributed by atoms with Gasteiger partial charge in [0.05, 0.1) is 6.10 Å². The van der Waals surface area contributed by atoms with Gasteiger partial charge in [0.2, 0.25) is 5.91 Å². The maximum atomic E-state index is 11.9. The Kier molecular flexibility index (Phi) is 8.33. The highest BCUT2D eigenvalue weighted by molar-refractivity contribution is 5.85. The van der Waals surface area contributed by atoms with Crippen molar-refractivity contribution in [2.45, 2.75) is 25.0 Å². The lowest BCUT2D eigenvalue weighted by Gasteiger charge is -2.14.